The van der Waals surface area contributed by atoms with Crippen LogP contribution in [0, 0.1) is 0 Å². The van der Waals surface area contributed by atoms with Gasteiger partial charge in [0, 0.05) is 50.0 Å². The molecular formula is C33H34N2O10. The van der Waals surface area contributed by atoms with Crippen molar-refractivity contribution in [2.24, 2.45) is 0 Å². The molecule has 5 rings (SSSR count). The first-order valence-corrected chi connectivity index (χ1v) is 14.7. The normalized spacial score (nSPS) is 14.0. The number of nitrogens with zero attached hydrogens (tertiary/aromatic N) is 1. The molecular weight excluding hydrogens is 584 g/mol. The van der Waals surface area contributed by atoms with Crippen LogP contribution in [0.15, 0.2) is 54.6 Å². The maximum absolute atomic E-state index is 13.6. The van der Waals surface area contributed by atoms with Crippen LogP contribution in [-0.4, -0.2) is 71.9 Å². The molecule has 0 atom stereocenters. The first-order valence-electron chi connectivity index (χ1n) is 14.7. The molecule has 1 saturated heterocycles. The number of aliphatic carboxylic acids is 2. The van der Waals surface area contributed by atoms with E-state index in [-0.39, 0.29) is 57.5 Å². The lowest BCUT2D eigenvalue weighted by Gasteiger charge is -2.21. The Morgan fingerprint density at radius 3 is 2.53 bits per heavy atom. The average Bonchev–Trinajstić information content (AvgIpc) is 3.40. The Morgan fingerprint density at radius 1 is 0.889 bits per heavy atom. The lowest BCUT2D eigenvalue weighted by atomic mass is 10.0. The first-order chi connectivity index (χ1) is 21.8. The van der Waals surface area contributed by atoms with Crippen molar-refractivity contribution in [1.82, 2.24) is 10.2 Å². The molecule has 2 heterocycles. The van der Waals surface area contributed by atoms with E-state index in [2.05, 4.69) is 5.32 Å². The van der Waals surface area contributed by atoms with E-state index in [1.165, 1.54) is 0 Å². The second-order valence-electron chi connectivity index (χ2n) is 10.6. The van der Waals surface area contributed by atoms with Crippen LogP contribution in [0.4, 0.5) is 0 Å². The molecule has 0 saturated carbocycles. The third-order valence-electron chi connectivity index (χ3n) is 7.47. The molecule has 12 nitrogen and oxygen atoms in total. The van der Waals surface area contributed by atoms with Gasteiger partial charge in [0.25, 0.3) is 5.91 Å². The minimum Gasteiger partial charge on any atom is -0.493 e. The van der Waals surface area contributed by atoms with E-state index < -0.39 is 11.9 Å². The van der Waals surface area contributed by atoms with Gasteiger partial charge in [-0.15, -0.1) is 0 Å². The van der Waals surface area contributed by atoms with E-state index in [1.54, 1.807) is 35.2 Å². The summed E-state index contributed by atoms with van der Waals surface area (Å²) in [5.74, 6) is -0.129. The highest BCUT2D eigenvalue weighted by molar-refractivity contribution is 5.96. The topological polar surface area (TPSA) is 161 Å². The molecule has 2 aliphatic rings. The van der Waals surface area contributed by atoms with E-state index in [4.69, 9.17) is 24.1 Å². The monoisotopic (exact) mass is 618 g/mol. The number of carbonyl (C=O) groups excluding carboxylic acids is 2. The summed E-state index contributed by atoms with van der Waals surface area (Å²) in [4.78, 5) is 49.5. The van der Waals surface area contributed by atoms with Crippen molar-refractivity contribution in [1.29, 1.82) is 0 Å². The standard InChI is InChI=1S/C33H34N2O10/c36-30-10-12-35(13-11-34-30)33(41)24-15-23(21-6-8-28-29(18-21)45-20-44-28)16-25(17-24)43-19-22-3-1-4-27(26(22)7-9-32(39)40)42-14-2-5-31(37)38/h1,3-4,6,8,15-18H,2,5,7,9-14,19-20H2,(H,34,36)(H,37,38)(H,39,40). The summed E-state index contributed by atoms with van der Waals surface area (Å²) in [5.41, 5.74) is 3.23. The maximum atomic E-state index is 13.6. The number of ether oxygens (including phenoxy) is 4. The number of benzene rings is 3. The van der Waals surface area contributed by atoms with Crippen molar-refractivity contribution in [3.63, 3.8) is 0 Å². The SMILES string of the molecule is O=C(O)CCCOc1cccc(COc2cc(C(=O)N3CCNC(=O)CC3)cc(-c3ccc4c(c3)OCO4)c2)c1CCC(=O)O. The number of fused-ring (bicyclic) bond motifs is 1. The van der Waals surface area contributed by atoms with Gasteiger partial charge in [-0.2, -0.15) is 0 Å². The molecule has 0 unspecified atom stereocenters. The van der Waals surface area contributed by atoms with E-state index in [0.29, 0.717) is 71.3 Å². The molecule has 3 N–H and O–H groups in total. The van der Waals surface area contributed by atoms with Gasteiger partial charge in [0.15, 0.2) is 11.5 Å². The maximum Gasteiger partial charge on any atom is 0.303 e. The lowest BCUT2D eigenvalue weighted by Crippen LogP contribution is -2.34. The molecule has 1 fully saturated rings. The average molecular weight is 619 g/mol. The molecule has 0 aliphatic carbocycles. The van der Waals surface area contributed by atoms with Crippen molar-refractivity contribution < 1.29 is 48.3 Å². The van der Waals surface area contributed by atoms with Crippen LogP contribution in [-0.2, 0) is 27.4 Å². The summed E-state index contributed by atoms with van der Waals surface area (Å²) in [7, 11) is 0. The predicted molar refractivity (Wildman–Crippen MR) is 161 cm³/mol. The molecule has 3 aromatic rings. The molecule has 236 valence electrons. The molecule has 2 amide bonds. The van der Waals surface area contributed by atoms with Crippen LogP contribution in [0.5, 0.6) is 23.0 Å². The lowest BCUT2D eigenvalue weighted by molar-refractivity contribution is -0.138. The zero-order valence-corrected chi connectivity index (χ0v) is 24.6. The fourth-order valence-corrected chi connectivity index (χ4v) is 5.17. The number of rotatable bonds is 13. The van der Waals surface area contributed by atoms with Gasteiger partial charge in [0.1, 0.15) is 18.1 Å². The van der Waals surface area contributed by atoms with E-state index in [0.717, 1.165) is 5.56 Å². The van der Waals surface area contributed by atoms with Crippen LogP contribution >= 0.6 is 0 Å². The van der Waals surface area contributed by atoms with E-state index in [9.17, 15) is 24.3 Å². The summed E-state index contributed by atoms with van der Waals surface area (Å²) in [6.07, 6.45) is 0.530. The third kappa shape index (κ3) is 8.22. The minimum absolute atomic E-state index is 0.0434. The number of hydrogen-bond acceptors (Lipinski definition) is 8. The van der Waals surface area contributed by atoms with Crippen LogP contribution in [0.2, 0.25) is 0 Å². The van der Waals surface area contributed by atoms with Crippen molar-refractivity contribution in [2.45, 2.75) is 38.7 Å². The fourth-order valence-electron chi connectivity index (χ4n) is 5.17. The Kier molecular flexibility index (Phi) is 10.0. The number of amides is 2. The largest absolute Gasteiger partial charge is 0.493 e. The van der Waals surface area contributed by atoms with Gasteiger partial charge in [-0.1, -0.05) is 18.2 Å². The zero-order valence-electron chi connectivity index (χ0n) is 24.6. The van der Waals surface area contributed by atoms with E-state index >= 15 is 0 Å². The summed E-state index contributed by atoms with van der Waals surface area (Å²) >= 11 is 0. The Balaban J connectivity index is 1.43. The second-order valence-corrected chi connectivity index (χ2v) is 10.6. The second kappa shape index (κ2) is 14.5. The van der Waals surface area contributed by atoms with Gasteiger partial charge in [-0.3, -0.25) is 19.2 Å². The van der Waals surface area contributed by atoms with Gasteiger partial charge >= 0.3 is 11.9 Å². The smallest absolute Gasteiger partial charge is 0.303 e. The van der Waals surface area contributed by atoms with E-state index in [1.807, 2.05) is 24.3 Å². The minimum atomic E-state index is -0.965. The fraction of sp³-hybridized carbons (Fsp3) is 0.333. The Morgan fingerprint density at radius 2 is 1.71 bits per heavy atom. The Hall–Kier alpha value is -5.26. The quantitative estimate of drug-likeness (QED) is 0.240. The van der Waals surface area contributed by atoms with Crippen LogP contribution in [0.3, 0.4) is 0 Å². The highest BCUT2D eigenvalue weighted by Gasteiger charge is 2.22. The number of nitrogens with one attached hydrogen (secondary N) is 1. The Bertz CT molecular complexity index is 1590. The highest BCUT2D eigenvalue weighted by Crippen LogP contribution is 2.37. The number of carboxylic acids is 2. The van der Waals surface area contributed by atoms with Crippen LogP contribution in [0.25, 0.3) is 11.1 Å². The summed E-state index contributed by atoms with van der Waals surface area (Å²) < 4.78 is 23.1. The summed E-state index contributed by atoms with van der Waals surface area (Å²) in [6.45, 7) is 1.38. The number of carbonyl (C=O) groups is 4. The molecule has 45 heavy (non-hydrogen) atoms. The molecule has 3 aromatic carbocycles. The van der Waals surface area contributed by atoms with Gasteiger partial charge < -0.3 is 39.4 Å². The highest BCUT2D eigenvalue weighted by atomic mass is 16.7. The molecule has 2 aliphatic heterocycles. The van der Waals surface area contributed by atoms with Gasteiger partial charge in [0.2, 0.25) is 12.7 Å². The van der Waals surface area contributed by atoms with Crippen molar-refractivity contribution in [2.75, 3.05) is 33.0 Å². The zero-order chi connectivity index (χ0) is 31.8. The molecule has 0 spiro atoms. The van der Waals surface area contributed by atoms with Gasteiger partial charge in [-0.05, 0) is 65.9 Å². The number of carboxylic acid groups (broad SMARTS) is 2. The molecule has 0 radical (unpaired) electrons. The van der Waals surface area contributed by atoms with Crippen molar-refractivity contribution >= 4 is 23.8 Å². The predicted octanol–water partition coefficient (Wildman–Crippen LogP) is 3.88. The summed E-state index contributed by atoms with van der Waals surface area (Å²) in [6, 6.07) is 16.0. The molecule has 0 aromatic heterocycles. The van der Waals surface area contributed by atoms with Gasteiger partial charge in [-0.25, -0.2) is 0 Å². The number of hydrogen-bond donors (Lipinski definition) is 3. The van der Waals surface area contributed by atoms with Crippen molar-refractivity contribution in [3.05, 3.63) is 71.3 Å². The summed E-state index contributed by atoms with van der Waals surface area (Å²) in [5, 5.41) is 21.1. The van der Waals surface area contributed by atoms with Crippen LogP contribution < -0.4 is 24.3 Å². The molecule has 12 heteroatoms. The first kappa shape index (κ1) is 31.2. The van der Waals surface area contributed by atoms with Gasteiger partial charge in [0.05, 0.1) is 6.61 Å². The molecule has 0 bridgehead atoms. The van der Waals surface area contributed by atoms with Crippen molar-refractivity contribution in [3.8, 4) is 34.1 Å². The third-order valence-corrected chi connectivity index (χ3v) is 7.47. The Labute approximate surface area is 259 Å². The van der Waals surface area contributed by atoms with Crippen LogP contribution in [0.1, 0.15) is 47.2 Å².